The van der Waals surface area contributed by atoms with Crippen LogP contribution in [0.3, 0.4) is 0 Å². The summed E-state index contributed by atoms with van der Waals surface area (Å²) in [6.45, 7) is 1.14. The lowest BCUT2D eigenvalue weighted by molar-refractivity contribution is -0.140. The molecule has 1 fully saturated rings. The average Bonchev–Trinajstić information content (AvgIpc) is 2.83. The zero-order valence-corrected chi connectivity index (χ0v) is 11.1. The second-order valence-electron chi connectivity index (χ2n) is 4.67. The molecule has 1 saturated heterocycles. The molecule has 0 radical (unpaired) electrons. The Morgan fingerprint density at radius 2 is 2.11 bits per heavy atom. The van der Waals surface area contributed by atoms with Crippen LogP contribution >= 0.6 is 11.8 Å². The van der Waals surface area contributed by atoms with Crippen molar-refractivity contribution in [1.29, 1.82) is 0 Å². The number of hydrogen-bond donors (Lipinski definition) is 1. The van der Waals surface area contributed by atoms with Crippen molar-refractivity contribution in [2.75, 3.05) is 18.1 Å². The predicted octanol–water partition coefficient (Wildman–Crippen LogP) is 3.69. The molecular formula is C13H15F4NS. The monoisotopic (exact) mass is 293 g/mol. The number of halogens is 4. The summed E-state index contributed by atoms with van der Waals surface area (Å²) in [6.07, 6.45) is -3.49. The quantitative estimate of drug-likeness (QED) is 0.850. The van der Waals surface area contributed by atoms with E-state index in [4.69, 9.17) is 0 Å². The van der Waals surface area contributed by atoms with Gasteiger partial charge in [-0.25, -0.2) is 4.39 Å². The molecule has 1 unspecified atom stereocenters. The molecule has 0 saturated carbocycles. The number of rotatable bonds is 4. The van der Waals surface area contributed by atoms with Crippen molar-refractivity contribution in [3.8, 4) is 0 Å². The summed E-state index contributed by atoms with van der Waals surface area (Å²) in [5.74, 6) is 1.63. The Kier molecular flexibility index (Phi) is 4.73. The van der Waals surface area contributed by atoms with Crippen LogP contribution < -0.4 is 5.32 Å². The van der Waals surface area contributed by atoms with Crippen molar-refractivity contribution in [2.24, 2.45) is 5.92 Å². The molecule has 1 N–H and O–H groups in total. The van der Waals surface area contributed by atoms with Gasteiger partial charge in [0, 0.05) is 6.54 Å². The number of benzene rings is 1. The third-order valence-corrected chi connectivity index (χ3v) is 4.35. The van der Waals surface area contributed by atoms with E-state index in [1.165, 1.54) is 6.07 Å². The van der Waals surface area contributed by atoms with Crippen molar-refractivity contribution in [3.63, 3.8) is 0 Å². The van der Waals surface area contributed by atoms with E-state index in [9.17, 15) is 17.6 Å². The molecule has 1 aliphatic rings. The molecule has 2 rings (SSSR count). The van der Waals surface area contributed by atoms with Crippen LogP contribution in [0.1, 0.15) is 17.5 Å². The van der Waals surface area contributed by atoms with Gasteiger partial charge in [-0.3, -0.25) is 0 Å². The first-order chi connectivity index (χ1) is 8.97. The lowest BCUT2D eigenvalue weighted by Crippen LogP contribution is -2.22. The van der Waals surface area contributed by atoms with Crippen LogP contribution in [0.2, 0.25) is 0 Å². The summed E-state index contributed by atoms with van der Waals surface area (Å²) < 4.78 is 50.7. The zero-order valence-electron chi connectivity index (χ0n) is 10.3. The third kappa shape index (κ3) is 4.11. The van der Waals surface area contributed by atoms with Crippen molar-refractivity contribution >= 4 is 11.8 Å². The van der Waals surface area contributed by atoms with E-state index in [0.717, 1.165) is 36.6 Å². The lowest BCUT2D eigenvalue weighted by atomic mass is 10.1. The highest BCUT2D eigenvalue weighted by Gasteiger charge is 2.34. The standard InChI is InChI=1S/C13H15F4NS/c14-12-2-1-9(5-11(12)13(15,16)17)6-18-7-10-3-4-19-8-10/h1-2,5,10,18H,3-4,6-8H2. The van der Waals surface area contributed by atoms with Gasteiger partial charge in [0.2, 0.25) is 0 Å². The fraction of sp³-hybridized carbons (Fsp3) is 0.538. The van der Waals surface area contributed by atoms with Gasteiger partial charge in [0.05, 0.1) is 5.56 Å². The fourth-order valence-corrected chi connectivity index (χ4v) is 3.35. The van der Waals surface area contributed by atoms with Crippen LogP contribution in [0.25, 0.3) is 0 Å². The molecular weight excluding hydrogens is 278 g/mol. The maximum atomic E-state index is 13.1. The SMILES string of the molecule is Fc1ccc(CNCC2CCSC2)cc1C(F)(F)F. The highest BCUT2D eigenvalue weighted by Crippen LogP contribution is 2.31. The fourth-order valence-electron chi connectivity index (χ4n) is 2.06. The topological polar surface area (TPSA) is 12.0 Å². The molecule has 1 nitrogen and oxygen atoms in total. The Bertz CT molecular complexity index is 427. The van der Waals surface area contributed by atoms with Gasteiger partial charge in [-0.1, -0.05) is 6.07 Å². The maximum absolute atomic E-state index is 13.1. The van der Waals surface area contributed by atoms with Crippen LogP contribution in [0, 0.1) is 11.7 Å². The molecule has 1 heterocycles. The average molecular weight is 293 g/mol. The smallest absolute Gasteiger partial charge is 0.312 e. The molecule has 1 aliphatic heterocycles. The number of thioether (sulfide) groups is 1. The molecule has 1 atom stereocenters. The normalized spacial score (nSPS) is 19.9. The second-order valence-corrected chi connectivity index (χ2v) is 5.82. The molecule has 0 aromatic heterocycles. The Labute approximate surface area is 113 Å². The van der Waals surface area contributed by atoms with Gasteiger partial charge in [0.25, 0.3) is 0 Å². The van der Waals surface area contributed by atoms with Crippen LogP contribution in [-0.2, 0) is 12.7 Å². The van der Waals surface area contributed by atoms with E-state index in [-0.39, 0.29) is 0 Å². The summed E-state index contributed by atoms with van der Waals surface area (Å²) in [7, 11) is 0. The summed E-state index contributed by atoms with van der Waals surface area (Å²) in [5.41, 5.74) is -0.734. The highest BCUT2D eigenvalue weighted by molar-refractivity contribution is 7.99. The van der Waals surface area contributed by atoms with Gasteiger partial charge in [-0.2, -0.15) is 24.9 Å². The van der Waals surface area contributed by atoms with Gasteiger partial charge in [-0.05, 0) is 48.1 Å². The van der Waals surface area contributed by atoms with Gasteiger partial charge in [-0.15, -0.1) is 0 Å². The minimum atomic E-state index is -4.64. The Hall–Kier alpha value is -0.750. The Morgan fingerprint density at radius 3 is 2.74 bits per heavy atom. The van der Waals surface area contributed by atoms with Gasteiger partial charge < -0.3 is 5.32 Å². The number of hydrogen-bond acceptors (Lipinski definition) is 2. The summed E-state index contributed by atoms with van der Waals surface area (Å²) >= 11 is 1.90. The third-order valence-electron chi connectivity index (χ3n) is 3.12. The first-order valence-electron chi connectivity index (χ1n) is 6.11. The van der Waals surface area contributed by atoms with E-state index in [1.54, 1.807) is 0 Å². The molecule has 1 aromatic carbocycles. The van der Waals surface area contributed by atoms with Crippen molar-refractivity contribution < 1.29 is 17.6 Å². The Balaban J connectivity index is 1.93. The predicted molar refractivity (Wildman–Crippen MR) is 68.5 cm³/mol. The molecule has 0 bridgehead atoms. The molecule has 0 spiro atoms. The van der Waals surface area contributed by atoms with E-state index in [1.807, 2.05) is 11.8 Å². The molecule has 0 amide bonds. The maximum Gasteiger partial charge on any atom is 0.419 e. The van der Waals surface area contributed by atoms with Crippen LogP contribution in [-0.4, -0.2) is 18.1 Å². The number of nitrogens with one attached hydrogen (secondary N) is 1. The summed E-state index contributed by atoms with van der Waals surface area (Å²) in [6, 6.07) is 3.15. The first-order valence-corrected chi connectivity index (χ1v) is 7.26. The largest absolute Gasteiger partial charge is 0.419 e. The van der Waals surface area contributed by atoms with Crippen molar-refractivity contribution in [2.45, 2.75) is 19.1 Å². The van der Waals surface area contributed by atoms with Gasteiger partial charge in [0.1, 0.15) is 5.82 Å². The van der Waals surface area contributed by atoms with E-state index in [2.05, 4.69) is 5.32 Å². The van der Waals surface area contributed by atoms with Crippen LogP contribution in [0.15, 0.2) is 18.2 Å². The molecule has 106 valence electrons. The molecule has 0 aliphatic carbocycles. The van der Waals surface area contributed by atoms with E-state index >= 15 is 0 Å². The van der Waals surface area contributed by atoms with Gasteiger partial charge in [0.15, 0.2) is 0 Å². The van der Waals surface area contributed by atoms with E-state index < -0.39 is 17.6 Å². The van der Waals surface area contributed by atoms with Gasteiger partial charge >= 0.3 is 6.18 Å². The van der Waals surface area contributed by atoms with Crippen molar-refractivity contribution in [3.05, 3.63) is 35.1 Å². The van der Waals surface area contributed by atoms with Crippen LogP contribution in [0.4, 0.5) is 17.6 Å². The Morgan fingerprint density at radius 1 is 1.32 bits per heavy atom. The highest BCUT2D eigenvalue weighted by atomic mass is 32.2. The summed E-state index contributed by atoms with van der Waals surface area (Å²) in [5, 5.41) is 3.14. The first kappa shape index (κ1) is 14.7. The number of alkyl halides is 3. The molecule has 1 aromatic rings. The van der Waals surface area contributed by atoms with E-state index in [0.29, 0.717) is 18.0 Å². The molecule has 19 heavy (non-hydrogen) atoms. The second kappa shape index (κ2) is 6.13. The summed E-state index contributed by atoms with van der Waals surface area (Å²) in [4.78, 5) is 0. The minimum Gasteiger partial charge on any atom is -0.312 e. The zero-order chi connectivity index (χ0) is 13.9. The molecule has 6 heteroatoms. The van der Waals surface area contributed by atoms with Crippen LogP contribution in [0.5, 0.6) is 0 Å². The lowest BCUT2D eigenvalue weighted by Gasteiger charge is -2.12. The van der Waals surface area contributed by atoms with Crippen molar-refractivity contribution in [1.82, 2.24) is 5.32 Å². The minimum absolute atomic E-state index is 0.338.